The fourth-order valence-electron chi connectivity index (χ4n) is 2.15. The topological polar surface area (TPSA) is 20.2 Å². The lowest BCUT2D eigenvalue weighted by Gasteiger charge is -2.29. The van der Waals surface area contributed by atoms with Crippen LogP contribution in [-0.2, 0) is 6.42 Å². The highest BCUT2D eigenvalue weighted by molar-refractivity contribution is 9.10. The number of halogens is 1. The summed E-state index contributed by atoms with van der Waals surface area (Å²) in [6.07, 6.45) is 2.85. The molecule has 1 fully saturated rings. The number of benzene rings is 1. The number of thioether (sulfide) groups is 1. The Morgan fingerprint density at radius 3 is 2.88 bits per heavy atom. The Morgan fingerprint density at radius 2 is 2.25 bits per heavy atom. The van der Waals surface area contributed by atoms with E-state index in [0.29, 0.717) is 0 Å². The van der Waals surface area contributed by atoms with Crippen LogP contribution < -0.4 is 0 Å². The molecule has 1 N–H and O–H groups in total. The van der Waals surface area contributed by atoms with Gasteiger partial charge in [0.15, 0.2) is 0 Å². The molecule has 2 unspecified atom stereocenters. The monoisotopic (exact) mass is 300 g/mol. The van der Waals surface area contributed by atoms with Crippen LogP contribution in [0.25, 0.3) is 0 Å². The van der Waals surface area contributed by atoms with Crippen LogP contribution in [0.3, 0.4) is 0 Å². The van der Waals surface area contributed by atoms with Crippen LogP contribution in [0, 0.1) is 0 Å². The quantitative estimate of drug-likeness (QED) is 0.920. The number of aliphatic hydroxyl groups is 1. The van der Waals surface area contributed by atoms with Gasteiger partial charge in [0.1, 0.15) is 0 Å². The summed E-state index contributed by atoms with van der Waals surface area (Å²) in [5.41, 5.74) is 1.20. The molecular formula is C13H17BrOS. The second-order valence-electron chi connectivity index (χ2n) is 4.58. The average molecular weight is 301 g/mol. The Bertz CT molecular complexity index is 361. The zero-order valence-electron chi connectivity index (χ0n) is 9.45. The van der Waals surface area contributed by atoms with Crippen molar-refractivity contribution < 1.29 is 5.11 Å². The Kier molecular flexibility index (Phi) is 3.98. The van der Waals surface area contributed by atoms with E-state index in [9.17, 15) is 5.11 Å². The zero-order chi connectivity index (χ0) is 11.6. The molecule has 1 nitrogen and oxygen atoms in total. The molecule has 1 heterocycles. The van der Waals surface area contributed by atoms with Gasteiger partial charge in [0.25, 0.3) is 0 Å². The predicted molar refractivity (Wildman–Crippen MR) is 73.9 cm³/mol. The van der Waals surface area contributed by atoms with E-state index in [0.717, 1.165) is 17.3 Å². The maximum Gasteiger partial charge on any atom is 0.0724 e. The van der Waals surface area contributed by atoms with Crippen molar-refractivity contribution in [2.45, 2.75) is 37.0 Å². The third-order valence-electron chi connectivity index (χ3n) is 3.33. The third-order valence-corrected chi connectivity index (χ3v) is 5.73. The fraction of sp³-hybridized carbons (Fsp3) is 0.538. The summed E-state index contributed by atoms with van der Waals surface area (Å²) in [6, 6.07) is 8.14. The summed E-state index contributed by atoms with van der Waals surface area (Å²) >= 11 is 5.45. The number of hydrogen-bond acceptors (Lipinski definition) is 2. The smallest absolute Gasteiger partial charge is 0.0724 e. The van der Waals surface area contributed by atoms with Crippen LogP contribution in [0.15, 0.2) is 28.7 Å². The lowest BCUT2D eigenvalue weighted by atomic mass is 9.93. The summed E-state index contributed by atoms with van der Waals surface area (Å²) in [5, 5.41) is 10.3. The summed E-state index contributed by atoms with van der Waals surface area (Å²) in [4.78, 5) is 0. The van der Waals surface area contributed by atoms with E-state index >= 15 is 0 Å². The first kappa shape index (κ1) is 12.5. The largest absolute Gasteiger partial charge is 0.391 e. The molecule has 1 aromatic carbocycles. The molecule has 0 radical (unpaired) electrons. The Morgan fingerprint density at radius 1 is 1.50 bits per heavy atom. The summed E-state index contributed by atoms with van der Waals surface area (Å²) in [6.45, 7) is 2.19. The van der Waals surface area contributed by atoms with Crippen LogP contribution >= 0.6 is 27.7 Å². The molecule has 0 aromatic heterocycles. The van der Waals surface area contributed by atoms with Crippen LogP contribution in [0.2, 0.25) is 0 Å². The highest BCUT2D eigenvalue weighted by Gasteiger charge is 2.36. The summed E-state index contributed by atoms with van der Waals surface area (Å²) in [7, 11) is 0. The van der Waals surface area contributed by atoms with E-state index in [4.69, 9.17) is 0 Å². The van der Waals surface area contributed by atoms with E-state index in [2.05, 4.69) is 28.9 Å². The highest BCUT2D eigenvalue weighted by atomic mass is 79.9. The lowest BCUT2D eigenvalue weighted by Crippen LogP contribution is -2.35. The van der Waals surface area contributed by atoms with E-state index in [1.807, 2.05) is 30.0 Å². The molecule has 0 amide bonds. The Labute approximate surface area is 110 Å². The first-order valence-corrected chi connectivity index (χ1v) is 7.45. The van der Waals surface area contributed by atoms with Gasteiger partial charge in [-0.25, -0.2) is 0 Å². The molecule has 0 saturated carbocycles. The van der Waals surface area contributed by atoms with Crippen LogP contribution in [0.4, 0.5) is 0 Å². The van der Waals surface area contributed by atoms with Gasteiger partial charge in [-0.15, -0.1) is 0 Å². The molecule has 2 rings (SSSR count). The summed E-state index contributed by atoms with van der Waals surface area (Å²) < 4.78 is 1.15. The average Bonchev–Trinajstić information content (AvgIpc) is 2.70. The molecule has 0 spiro atoms. The van der Waals surface area contributed by atoms with Crippen LogP contribution in [0.5, 0.6) is 0 Å². The normalized spacial score (nSPS) is 26.9. The number of hydrogen-bond donors (Lipinski definition) is 1. The minimum Gasteiger partial charge on any atom is -0.391 e. The second kappa shape index (κ2) is 5.11. The predicted octanol–water partition coefficient (Wildman–Crippen LogP) is 3.64. The Hall–Kier alpha value is 0.01000. The van der Waals surface area contributed by atoms with Crippen LogP contribution in [-0.4, -0.2) is 21.7 Å². The SMILES string of the molecule is CC1(C(O)Cc2ccccc2Br)CCCS1. The molecule has 0 aliphatic carbocycles. The highest BCUT2D eigenvalue weighted by Crippen LogP contribution is 2.41. The van der Waals surface area contributed by atoms with Crippen LogP contribution in [0.1, 0.15) is 25.3 Å². The van der Waals surface area contributed by atoms with Gasteiger partial charge >= 0.3 is 0 Å². The first-order valence-electron chi connectivity index (χ1n) is 5.67. The van der Waals surface area contributed by atoms with Crippen molar-refractivity contribution in [2.75, 3.05) is 5.75 Å². The van der Waals surface area contributed by atoms with Gasteiger partial charge in [-0.2, -0.15) is 11.8 Å². The molecule has 1 aliphatic heterocycles. The van der Waals surface area contributed by atoms with Crippen molar-refractivity contribution in [2.24, 2.45) is 0 Å². The van der Waals surface area contributed by atoms with Crippen molar-refractivity contribution >= 4 is 27.7 Å². The van der Waals surface area contributed by atoms with Gasteiger partial charge in [0.05, 0.1) is 6.10 Å². The molecule has 2 atom stereocenters. The van der Waals surface area contributed by atoms with Crippen molar-refractivity contribution in [3.05, 3.63) is 34.3 Å². The first-order chi connectivity index (χ1) is 7.62. The maximum absolute atomic E-state index is 10.3. The van der Waals surface area contributed by atoms with Crippen molar-refractivity contribution in [1.29, 1.82) is 0 Å². The summed E-state index contributed by atoms with van der Waals surface area (Å²) in [5.74, 6) is 1.18. The van der Waals surface area contributed by atoms with Crippen molar-refractivity contribution in [1.82, 2.24) is 0 Å². The van der Waals surface area contributed by atoms with E-state index < -0.39 is 0 Å². The standard InChI is InChI=1S/C13H17BrOS/c1-13(7-4-8-16-13)12(15)9-10-5-2-3-6-11(10)14/h2-3,5-6,12,15H,4,7-9H2,1H3. The number of rotatable bonds is 3. The second-order valence-corrected chi connectivity index (χ2v) is 7.06. The minimum absolute atomic E-state index is 0.0509. The van der Waals surface area contributed by atoms with Crippen molar-refractivity contribution in [3.63, 3.8) is 0 Å². The van der Waals surface area contributed by atoms with Gasteiger partial charge in [-0.05, 0) is 37.1 Å². The van der Waals surface area contributed by atoms with Crippen molar-refractivity contribution in [3.8, 4) is 0 Å². The van der Waals surface area contributed by atoms with Gasteiger partial charge in [0, 0.05) is 15.6 Å². The molecule has 16 heavy (non-hydrogen) atoms. The minimum atomic E-state index is -0.251. The molecule has 1 saturated heterocycles. The van der Waals surface area contributed by atoms with Gasteiger partial charge in [-0.3, -0.25) is 0 Å². The lowest BCUT2D eigenvalue weighted by molar-refractivity contribution is 0.133. The van der Waals surface area contributed by atoms with E-state index in [1.54, 1.807) is 0 Å². The van der Waals surface area contributed by atoms with Gasteiger partial charge in [-0.1, -0.05) is 34.1 Å². The van der Waals surface area contributed by atoms with E-state index in [1.165, 1.54) is 17.7 Å². The molecule has 3 heteroatoms. The molecular weight excluding hydrogens is 284 g/mol. The number of aliphatic hydroxyl groups excluding tert-OH is 1. The third kappa shape index (κ3) is 2.63. The molecule has 1 aliphatic rings. The fourth-order valence-corrected chi connectivity index (χ4v) is 3.92. The van der Waals surface area contributed by atoms with Gasteiger partial charge in [0.2, 0.25) is 0 Å². The molecule has 0 bridgehead atoms. The van der Waals surface area contributed by atoms with Gasteiger partial charge < -0.3 is 5.11 Å². The molecule has 1 aromatic rings. The maximum atomic E-state index is 10.3. The van der Waals surface area contributed by atoms with E-state index in [-0.39, 0.29) is 10.9 Å². The molecule has 88 valence electrons. The zero-order valence-corrected chi connectivity index (χ0v) is 11.9. The Balaban J connectivity index is 2.07.